The van der Waals surface area contributed by atoms with E-state index in [2.05, 4.69) is 57.9 Å². The van der Waals surface area contributed by atoms with Crippen LogP contribution in [-0.2, 0) is 28.0 Å². The normalized spacial score (nSPS) is 12.1. The van der Waals surface area contributed by atoms with Gasteiger partial charge in [0.25, 0.3) is 5.91 Å². The summed E-state index contributed by atoms with van der Waals surface area (Å²) in [5, 5.41) is 3.00. The van der Waals surface area contributed by atoms with Crippen molar-refractivity contribution in [2.24, 2.45) is 0 Å². The average Bonchev–Trinajstić information content (AvgIpc) is 2.89. The second-order valence-corrected chi connectivity index (χ2v) is 12.1. The van der Waals surface area contributed by atoms with Gasteiger partial charge in [-0.3, -0.25) is 9.59 Å². The lowest BCUT2D eigenvalue weighted by Crippen LogP contribution is -2.51. The van der Waals surface area contributed by atoms with Crippen LogP contribution in [0.4, 0.5) is 0 Å². The zero-order chi connectivity index (χ0) is 27.7. The molecule has 0 aliphatic rings. The van der Waals surface area contributed by atoms with Gasteiger partial charge in [-0.15, -0.1) is 0 Å². The first-order valence-corrected chi connectivity index (χ1v) is 14.5. The van der Waals surface area contributed by atoms with Crippen LogP contribution in [0.25, 0.3) is 0 Å². The Balaban J connectivity index is 1.89. The number of rotatable bonds is 11. The number of nitrogens with one attached hydrogen (secondary N) is 1. The minimum absolute atomic E-state index is 0.00510. The second-order valence-electron chi connectivity index (χ2n) is 10.3. The first-order chi connectivity index (χ1) is 18.1. The van der Waals surface area contributed by atoms with Gasteiger partial charge in [-0.25, -0.2) is 0 Å². The minimum Gasteiger partial charge on any atom is -0.483 e. The summed E-state index contributed by atoms with van der Waals surface area (Å²) in [7, 11) is 0. The molecule has 3 aromatic carbocycles. The van der Waals surface area contributed by atoms with Crippen LogP contribution < -0.4 is 10.1 Å². The molecule has 0 bridgehead atoms. The summed E-state index contributed by atoms with van der Waals surface area (Å²) in [6.45, 7) is 9.11. The van der Waals surface area contributed by atoms with Crippen molar-refractivity contribution in [1.29, 1.82) is 0 Å². The fourth-order valence-electron chi connectivity index (χ4n) is 4.01. The van der Waals surface area contributed by atoms with Crippen molar-refractivity contribution < 1.29 is 14.3 Å². The number of halogens is 2. The Morgan fingerprint density at radius 1 is 0.947 bits per heavy atom. The largest absolute Gasteiger partial charge is 0.483 e. The average molecular weight is 644 g/mol. The summed E-state index contributed by atoms with van der Waals surface area (Å²) in [5.74, 6) is 0.161. The minimum atomic E-state index is -0.685. The molecule has 5 nitrogen and oxygen atoms in total. The number of amides is 2. The van der Waals surface area contributed by atoms with Gasteiger partial charge < -0.3 is 15.0 Å². The Hall–Kier alpha value is -2.64. The quantitative estimate of drug-likeness (QED) is 0.244. The molecule has 0 aliphatic heterocycles. The molecular formula is C31H36Br2N2O3. The van der Waals surface area contributed by atoms with Crippen molar-refractivity contribution in [3.05, 3.63) is 98.4 Å². The standard InChI is InChI=1S/C31H36Br2N2O3/c1-5-17-34-30(37)27(18-22-9-7-6-8-10-22)35(20-23-11-14-25(32)15-12-23)29(36)21-38-28-16-13-24(19-26(28)33)31(2,3)4/h6-16,19,27H,5,17-18,20-21H2,1-4H3,(H,34,37)/t27-/m1/s1. The van der Waals surface area contributed by atoms with Gasteiger partial charge in [-0.05, 0) is 68.7 Å². The topological polar surface area (TPSA) is 58.6 Å². The highest BCUT2D eigenvalue weighted by Crippen LogP contribution is 2.31. The lowest BCUT2D eigenvalue weighted by atomic mass is 9.87. The number of nitrogens with zero attached hydrogens (tertiary/aromatic N) is 1. The third kappa shape index (κ3) is 8.70. The Morgan fingerprint density at radius 3 is 2.24 bits per heavy atom. The maximum absolute atomic E-state index is 13.7. The third-order valence-corrected chi connectivity index (χ3v) is 7.38. The third-order valence-electron chi connectivity index (χ3n) is 6.24. The van der Waals surface area contributed by atoms with E-state index < -0.39 is 6.04 Å². The Morgan fingerprint density at radius 2 is 1.63 bits per heavy atom. The molecule has 1 N–H and O–H groups in total. The molecule has 1 atom stereocenters. The Kier molecular flexibility index (Phi) is 11.0. The first kappa shape index (κ1) is 29.9. The molecule has 2 amide bonds. The van der Waals surface area contributed by atoms with Crippen LogP contribution in [0.15, 0.2) is 81.7 Å². The molecule has 0 aliphatic carbocycles. The van der Waals surface area contributed by atoms with Crippen molar-refractivity contribution in [3.63, 3.8) is 0 Å². The van der Waals surface area contributed by atoms with Crippen molar-refractivity contribution in [2.45, 2.75) is 58.5 Å². The molecule has 0 aromatic heterocycles. The number of hydrogen-bond acceptors (Lipinski definition) is 3. The fourth-order valence-corrected chi connectivity index (χ4v) is 4.77. The molecule has 3 aromatic rings. The van der Waals surface area contributed by atoms with Gasteiger partial charge >= 0.3 is 0 Å². The summed E-state index contributed by atoms with van der Waals surface area (Å²) in [5.41, 5.74) is 3.07. The number of carbonyl (C=O) groups excluding carboxylic acids is 2. The van der Waals surface area contributed by atoms with E-state index in [1.807, 2.05) is 79.7 Å². The summed E-state index contributed by atoms with van der Waals surface area (Å²) < 4.78 is 7.73. The zero-order valence-corrected chi connectivity index (χ0v) is 25.6. The molecule has 0 fully saturated rings. The second kappa shape index (κ2) is 13.9. The molecule has 7 heteroatoms. The fraction of sp³-hybridized carbons (Fsp3) is 0.355. The van der Waals surface area contributed by atoms with Crippen LogP contribution in [-0.4, -0.2) is 35.9 Å². The maximum Gasteiger partial charge on any atom is 0.261 e. The Labute approximate surface area is 243 Å². The van der Waals surface area contributed by atoms with E-state index in [9.17, 15) is 9.59 Å². The summed E-state index contributed by atoms with van der Waals surface area (Å²) in [6.07, 6.45) is 1.22. The molecule has 3 rings (SSSR count). The molecule has 202 valence electrons. The van der Waals surface area contributed by atoms with Gasteiger partial charge in [-0.2, -0.15) is 0 Å². The van der Waals surface area contributed by atoms with Crippen LogP contribution in [0.1, 0.15) is 50.8 Å². The van der Waals surface area contributed by atoms with E-state index >= 15 is 0 Å². The van der Waals surface area contributed by atoms with Gasteiger partial charge in [0, 0.05) is 24.0 Å². The number of carbonyl (C=O) groups is 2. The first-order valence-electron chi connectivity index (χ1n) is 12.9. The molecule has 0 heterocycles. The summed E-state index contributed by atoms with van der Waals surface area (Å²) in [4.78, 5) is 28.8. The van der Waals surface area contributed by atoms with Gasteiger partial charge in [0.15, 0.2) is 6.61 Å². The van der Waals surface area contributed by atoms with Crippen LogP contribution in [0, 0.1) is 0 Å². The van der Waals surface area contributed by atoms with Gasteiger partial charge in [0.2, 0.25) is 5.91 Å². The molecule has 0 saturated carbocycles. The Bertz CT molecular complexity index is 1210. The van der Waals surface area contributed by atoms with E-state index in [4.69, 9.17) is 4.74 Å². The van der Waals surface area contributed by atoms with E-state index in [1.54, 1.807) is 4.90 Å². The van der Waals surface area contributed by atoms with E-state index in [0.717, 1.165) is 32.1 Å². The zero-order valence-electron chi connectivity index (χ0n) is 22.5. The van der Waals surface area contributed by atoms with Gasteiger partial charge in [0.1, 0.15) is 11.8 Å². The van der Waals surface area contributed by atoms with E-state index in [-0.39, 0.29) is 30.4 Å². The molecule has 0 spiro atoms. The van der Waals surface area contributed by atoms with Gasteiger partial charge in [-0.1, -0.05) is 92.2 Å². The van der Waals surface area contributed by atoms with E-state index in [1.165, 1.54) is 0 Å². The van der Waals surface area contributed by atoms with Gasteiger partial charge in [0.05, 0.1) is 4.47 Å². The van der Waals surface area contributed by atoms with Crippen molar-refractivity contribution in [3.8, 4) is 5.75 Å². The molecule has 0 saturated heterocycles. The highest BCUT2D eigenvalue weighted by atomic mass is 79.9. The lowest BCUT2D eigenvalue weighted by molar-refractivity contribution is -0.142. The van der Waals surface area contributed by atoms with Crippen molar-refractivity contribution >= 4 is 43.7 Å². The number of benzene rings is 3. The smallest absolute Gasteiger partial charge is 0.261 e. The molecular weight excluding hydrogens is 608 g/mol. The van der Waals surface area contributed by atoms with Crippen molar-refractivity contribution in [1.82, 2.24) is 10.2 Å². The van der Waals surface area contributed by atoms with Crippen LogP contribution in [0.5, 0.6) is 5.75 Å². The predicted molar refractivity (Wildman–Crippen MR) is 160 cm³/mol. The van der Waals surface area contributed by atoms with Crippen LogP contribution in [0.2, 0.25) is 0 Å². The SMILES string of the molecule is CCCNC(=O)[C@@H](Cc1ccccc1)N(Cc1ccc(Br)cc1)C(=O)COc1ccc(C(C)(C)C)cc1Br. The number of hydrogen-bond donors (Lipinski definition) is 1. The van der Waals surface area contributed by atoms with Crippen molar-refractivity contribution in [2.75, 3.05) is 13.2 Å². The summed E-state index contributed by atoms with van der Waals surface area (Å²) >= 11 is 7.06. The monoisotopic (exact) mass is 642 g/mol. The van der Waals surface area contributed by atoms with E-state index in [0.29, 0.717) is 18.7 Å². The summed E-state index contributed by atoms with van der Waals surface area (Å²) in [6, 6.07) is 22.8. The molecule has 38 heavy (non-hydrogen) atoms. The highest BCUT2D eigenvalue weighted by molar-refractivity contribution is 9.10. The number of ether oxygens (including phenoxy) is 1. The predicted octanol–water partition coefficient (Wildman–Crippen LogP) is 7.05. The van der Waals surface area contributed by atoms with Crippen LogP contribution >= 0.6 is 31.9 Å². The van der Waals surface area contributed by atoms with Crippen LogP contribution in [0.3, 0.4) is 0 Å². The maximum atomic E-state index is 13.7. The molecule has 0 unspecified atom stereocenters. The highest BCUT2D eigenvalue weighted by Gasteiger charge is 2.30. The lowest BCUT2D eigenvalue weighted by Gasteiger charge is -2.31. The molecule has 0 radical (unpaired) electrons.